The molecule has 1 amide bonds. The van der Waals surface area contributed by atoms with Gasteiger partial charge in [0.2, 0.25) is 0 Å². The van der Waals surface area contributed by atoms with Gasteiger partial charge in [-0.05, 0) is 51.0 Å². The Morgan fingerprint density at radius 1 is 1.18 bits per heavy atom. The molecule has 0 aliphatic rings. The van der Waals surface area contributed by atoms with E-state index in [1.54, 1.807) is 33.8 Å². The van der Waals surface area contributed by atoms with Gasteiger partial charge in [0.05, 0.1) is 17.3 Å². The number of nitrogens with one attached hydrogen (secondary N) is 1. The summed E-state index contributed by atoms with van der Waals surface area (Å²) in [6.45, 7) is 6.97. The van der Waals surface area contributed by atoms with E-state index in [-0.39, 0.29) is 18.7 Å². The maximum Gasteiger partial charge on any atom is 0.409 e. The van der Waals surface area contributed by atoms with Crippen molar-refractivity contribution in [2.75, 3.05) is 5.32 Å². The van der Waals surface area contributed by atoms with Crippen molar-refractivity contribution < 1.29 is 27.5 Å². The quantitative estimate of drug-likeness (QED) is 0.462. The Bertz CT molecular complexity index is 1230. The highest BCUT2D eigenvalue weighted by Gasteiger charge is 2.24. The van der Waals surface area contributed by atoms with Crippen molar-refractivity contribution in [3.63, 3.8) is 0 Å². The lowest BCUT2D eigenvalue weighted by atomic mass is 9.97. The number of pyridine rings is 1. The van der Waals surface area contributed by atoms with E-state index in [0.29, 0.717) is 37.7 Å². The fraction of sp³-hybridized carbons (Fsp3) is 0.304. The minimum atomic E-state index is -4.40. The van der Waals surface area contributed by atoms with Gasteiger partial charge < -0.3 is 10.1 Å². The number of carbonyl (C=O) groups excluding carboxylic acids is 2. The lowest BCUT2D eigenvalue weighted by molar-refractivity contribution is -0.154. The maximum atomic E-state index is 12.7. The number of anilines is 1. The second-order valence-corrected chi connectivity index (χ2v) is 9.45. The summed E-state index contributed by atoms with van der Waals surface area (Å²) >= 11 is 1.29. The molecule has 0 atom stereocenters. The summed E-state index contributed by atoms with van der Waals surface area (Å²) in [5.74, 6) is -0.757. The zero-order chi connectivity index (χ0) is 24.4. The Morgan fingerprint density at radius 2 is 1.91 bits per heavy atom. The average molecular weight is 478 g/mol. The molecule has 3 aromatic rings. The number of amides is 1. The van der Waals surface area contributed by atoms with Gasteiger partial charge in [-0.1, -0.05) is 29.5 Å². The van der Waals surface area contributed by atoms with Crippen LogP contribution in [0.3, 0.4) is 0 Å². The number of carbonyl (C=O) groups is 2. The molecule has 33 heavy (non-hydrogen) atoms. The summed E-state index contributed by atoms with van der Waals surface area (Å²) in [6.07, 6.45) is -1.82. The van der Waals surface area contributed by atoms with Crippen molar-refractivity contribution in [2.24, 2.45) is 5.41 Å². The Balaban J connectivity index is 1.71. The summed E-state index contributed by atoms with van der Waals surface area (Å²) in [5, 5.41) is 3.31. The Morgan fingerprint density at radius 3 is 2.55 bits per heavy atom. The predicted octanol–water partition coefficient (Wildman–Crippen LogP) is 5.92. The van der Waals surface area contributed by atoms with Crippen LogP contribution in [0.15, 0.2) is 36.5 Å². The molecule has 0 unspecified atom stereocenters. The Hall–Kier alpha value is -3.27. The monoisotopic (exact) mass is 477 g/mol. The van der Waals surface area contributed by atoms with Gasteiger partial charge >= 0.3 is 12.1 Å². The number of allylic oxidation sites excluding steroid dienone is 1. The molecule has 0 aliphatic carbocycles. The van der Waals surface area contributed by atoms with E-state index in [4.69, 9.17) is 4.74 Å². The molecule has 0 bridgehead atoms. The number of ether oxygens (including phenoxy) is 1. The lowest BCUT2D eigenvalue weighted by Gasteiger charge is -2.15. The Kier molecular flexibility index (Phi) is 6.87. The number of esters is 1. The van der Waals surface area contributed by atoms with Crippen LogP contribution >= 0.6 is 11.3 Å². The van der Waals surface area contributed by atoms with Crippen molar-refractivity contribution in [2.45, 2.75) is 40.5 Å². The van der Waals surface area contributed by atoms with Crippen LogP contribution in [0.5, 0.6) is 0 Å². The topological polar surface area (TPSA) is 81.2 Å². The molecule has 174 valence electrons. The standard InChI is InChI=1S/C23H22F3N3O3S/c1-13-9-14(7-8-23(24,25)26)5-6-16(13)19(30)28-15-10-17-20(27-11-15)33-18(29-17)12-32-21(31)22(2,3)4/h5-11H,12H2,1-4H3,(H,28,30)/b8-7+. The van der Waals surface area contributed by atoms with Gasteiger partial charge in [0.15, 0.2) is 0 Å². The number of aryl methyl sites for hydroxylation is 1. The minimum Gasteiger partial charge on any atom is -0.458 e. The van der Waals surface area contributed by atoms with Crippen LogP contribution in [-0.4, -0.2) is 28.0 Å². The van der Waals surface area contributed by atoms with E-state index in [9.17, 15) is 22.8 Å². The molecule has 2 aromatic heterocycles. The van der Waals surface area contributed by atoms with Gasteiger partial charge in [-0.3, -0.25) is 9.59 Å². The SMILES string of the molecule is Cc1cc(/C=C/C(F)(F)F)ccc1C(=O)Nc1cnc2sc(COC(=O)C(C)(C)C)nc2c1. The first-order valence-electron chi connectivity index (χ1n) is 9.92. The molecule has 0 saturated carbocycles. The van der Waals surface area contributed by atoms with Crippen LogP contribution in [0.1, 0.15) is 47.3 Å². The predicted molar refractivity (Wildman–Crippen MR) is 121 cm³/mol. The van der Waals surface area contributed by atoms with Gasteiger partial charge in [0, 0.05) is 11.6 Å². The van der Waals surface area contributed by atoms with Crippen LogP contribution < -0.4 is 5.32 Å². The average Bonchev–Trinajstić information content (AvgIpc) is 3.11. The van der Waals surface area contributed by atoms with E-state index in [1.807, 2.05) is 0 Å². The van der Waals surface area contributed by atoms with E-state index in [2.05, 4.69) is 15.3 Å². The summed E-state index contributed by atoms with van der Waals surface area (Å²) in [5.41, 5.74) is 1.54. The van der Waals surface area contributed by atoms with Crippen LogP contribution in [-0.2, 0) is 16.1 Å². The molecule has 0 spiro atoms. The highest BCUT2D eigenvalue weighted by molar-refractivity contribution is 7.18. The van der Waals surface area contributed by atoms with Gasteiger partial charge in [0.25, 0.3) is 5.91 Å². The molecule has 3 rings (SSSR count). The lowest BCUT2D eigenvalue weighted by Crippen LogP contribution is -2.22. The van der Waals surface area contributed by atoms with Crippen LogP contribution in [0, 0.1) is 12.3 Å². The normalized spacial score (nSPS) is 12.3. The summed E-state index contributed by atoms with van der Waals surface area (Å²) in [6, 6.07) is 6.07. The van der Waals surface area contributed by atoms with Crippen molar-refractivity contribution in [1.82, 2.24) is 9.97 Å². The zero-order valence-corrected chi connectivity index (χ0v) is 19.2. The number of nitrogens with zero attached hydrogens (tertiary/aromatic N) is 2. The van der Waals surface area contributed by atoms with Crippen LogP contribution in [0.25, 0.3) is 16.4 Å². The molecular formula is C23H22F3N3O3S. The van der Waals surface area contributed by atoms with Gasteiger partial charge in [-0.25, -0.2) is 9.97 Å². The number of rotatable bonds is 5. The summed E-state index contributed by atoms with van der Waals surface area (Å²) < 4.78 is 42.3. The van der Waals surface area contributed by atoms with E-state index in [1.165, 1.54) is 35.7 Å². The molecule has 6 nitrogen and oxygen atoms in total. The molecular weight excluding hydrogens is 455 g/mol. The number of alkyl halides is 3. The van der Waals surface area contributed by atoms with Crippen molar-refractivity contribution in [3.05, 3.63) is 58.2 Å². The van der Waals surface area contributed by atoms with Crippen molar-refractivity contribution in [1.29, 1.82) is 0 Å². The first-order chi connectivity index (χ1) is 15.3. The van der Waals surface area contributed by atoms with Gasteiger partial charge in [0.1, 0.15) is 22.0 Å². The van der Waals surface area contributed by atoms with Gasteiger partial charge in [-0.15, -0.1) is 0 Å². The third-order valence-electron chi connectivity index (χ3n) is 4.45. The number of hydrogen-bond acceptors (Lipinski definition) is 6. The Labute approximate surface area is 192 Å². The third kappa shape index (κ3) is 6.61. The highest BCUT2D eigenvalue weighted by Crippen LogP contribution is 2.25. The van der Waals surface area contributed by atoms with E-state index in [0.717, 1.165) is 6.08 Å². The van der Waals surface area contributed by atoms with Crippen LogP contribution in [0.4, 0.5) is 18.9 Å². The second-order valence-electron chi connectivity index (χ2n) is 8.39. The van der Waals surface area contributed by atoms with E-state index >= 15 is 0 Å². The second kappa shape index (κ2) is 9.30. The zero-order valence-electron chi connectivity index (χ0n) is 18.4. The molecule has 2 heterocycles. The summed E-state index contributed by atoms with van der Waals surface area (Å²) in [4.78, 5) is 33.9. The molecule has 1 N–H and O–H groups in total. The maximum absolute atomic E-state index is 12.7. The molecule has 0 saturated heterocycles. The molecule has 0 aliphatic heterocycles. The first-order valence-corrected chi connectivity index (χ1v) is 10.7. The van der Waals surface area contributed by atoms with Crippen molar-refractivity contribution in [3.8, 4) is 0 Å². The fourth-order valence-electron chi connectivity index (χ4n) is 2.78. The van der Waals surface area contributed by atoms with Crippen LogP contribution in [0.2, 0.25) is 0 Å². The fourth-order valence-corrected chi connectivity index (χ4v) is 3.58. The number of hydrogen-bond donors (Lipinski definition) is 1. The number of thiazole rings is 1. The molecule has 1 aromatic carbocycles. The molecule has 0 radical (unpaired) electrons. The number of aromatic nitrogens is 2. The smallest absolute Gasteiger partial charge is 0.409 e. The molecule has 0 fully saturated rings. The van der Waals surface area contributed by atoms with Gasteiger partial charge in [-0.2, -0.15) is 13.2 Å². The summed E-state index contributed by atoms with van der Waals surface area (Å²) in [7, 11) is 0. The number of halogens is 3. The van der Waals surface area contributed by atoms with E-state index < -0.39 is 17.5 Å². The highest BCUT2D eigenvalue weighted by atomic mass is 32.1. The largest absolute Gasteiger partial charge is 0.458 e. The van der Waals surface area contributed by atoms with Crippen molar-refractivity contribution >= 4 is 45.3 Å². The number of benzene rings is 1. The minimum absolute atomic E-state index is 0.0349. The third-order valence-corrected chi connectivity index (χ3v) is 5.40. The first kappa shape index (κ1) is 24.4. The number of fused-ring (bicyclic) bond motifs is 1. The molecule has 10 heteroatoms.